The lowest BCUT2D eigenvalue weighted by atomic mass is 9.94. The highest BCUT2D eigenvalue weighted by Crippen LogP contribution is 2.22. The molecule has 1 N–H and O–H groups in total. The third kappa shape index (κ3) is 3.26. The molecule has 0 radical (unpaired) electrons. The molecule has 2 unspecified atom stereocenters. The summed E-state index contributed by atoms with van der Waals surface area (Å²) in [6.45, 7) is 0. The molecule has 114 valence electrons. The molecule has 1 aromatic carbocycles. The van der Waals surface area contributed by atoms with Gasteiger partial charge < -0.3 is 5.11 Å². The van der Waals surface area contributed by atoms with E-state index in [0.717, 1.165) is 41.1 Å². The second-order valence-electron chi connectivity index (χ2n) is 5.61. The normalized spacial score (nSPS) is 22.5. The molecule has 0 bridgehead atoms. The third-order valence-electron chi connectivity index (χ3n) is 3.88. The Hall–Kier alpha value is -1.97. The van der Waals surface area contributed by atoms with Gasteiger partial charge in [-0.25, -0.2) is 4.68 Å². The summed E-state index contributed by atoms with van der Waals surface area (Å²) in [7, 11) is 1.89. The van der Waals surface area contributed by atoms with Crippen LogP contribution in [0.2, 0.25) is 0 Å². The molecule has 2 atom stereocenters. The fourth-order valence-corrected chi connectivity index (χ4v) is 3.64. The number of aromatic nitrogens is 2. The van der Waals surface area contributed by atoms with Crippen molar-refractivity contribution < 1.29 is 5.11 Å². The zero-order valence-electron chi connectivity index (χ0n) is 12.4. The van der Waals surface area contributed by atoms with Gasteiger partial charge in [0.05, 0.1) is 23.8 Å². The van der Waals surface area contributed by atoms with Gasteiger partial charge in [-0.3, -0.25) is 4.99 Å². The van der Waals surface area contributed by atoms with Crippen molar-refractivity contribution >= 4 is 11.3 Å². The van der Waals surface area contributed by atoms with Crippen LogP contribution in [-0.4, -0.2) is 27.0 Å². The van der Waals surface area contributed by atoms with Crippen molar-refractivity contribution in [1.29, 1.82) is 5.26 Å². The molecule has 2 aromatic rings. The van der Waals surface area contributed by atoms with E-state index < -0.39 is 0 Å². The molecule has 1 aliphatic rings. The summed E-state index contributed by atoms with van der Waals surface area (Å²) in [4.78, 5) is 5.63. The number of hydrogen-bond donors (Lipinski definition) is 1. The number of aliphatic hydroxyl groups is 1. The van der Waals surface area contributed by atoms with Crippen LogP contribution in [0.3, 0.4) is 0 Å². The van der Waals surface area contributed by atoms with Gasteiger partial charge in [0.1, 0.15) is 5.01 Å². The number of rotatable bonds is 2. The number of hydrogen-bond acceptors (Lipinski definition) is 5. The van der Waals surface area contributed by atoms with Crippen LogP contribution in [-0.2, 0) is 7.05 Å². The molecule has 0 aliphatic heterocycles. The lowest BCUT2D eigenvalue weighted by Gasteiger charge is -2.22. The van der Waals surface area contributed by atoms with E-state index >= 15 is 0 Å². The number of aryl methyl sites for hydroxylation is 1. The summed E-state index contributed by atoms with van der Waals surface area (Å²) in [6.07, 6.45) is 3.46. The Kier molecular flexibility index (Phi) is 4.36. The predicted octanol–water partition coefficient (Wildman–Crippen LogP) is 2.22. The first-order valence-electron chi connectivity index (χ1n) is 7.42. The standard InChI is InChI=1S/C16H18N4OS/c1-20-16(18-13-3-2-4-14(21)9-13)22-15(19-20)12-7-5-11(10-17)6-8-12/h5-8,13-14,21H,2-4,9H2,1H3/b18-16+. The highest BCUT2D eigenvalue weighted by molar-refractivity contribution is 7.12. The minimum atomic E-state index is -0.223. The molecule has 3 rings (SSSR count). The molecule has 1 aromatic heterocycles. The van der Waals surface area contributed by atoms with Crippen molar-refractivity contribution in [1.82, 2.24) is 9.78 Å². The lowest BCUT2D eigenvalue weighted by molar-refractivity contribution is 0.120. The molecule has 1 aliphatic carbocycles. The van der Waals surface area contributed by atoms with Crippen LogP contribution in [0.1, 0.15) is 31.2 Å². The van der Waals surface area contributed by atoms with Gasteiger partial charge in [0.2, 0.25) is 4.80 Å². The molecule has 6 heteroatoms. The zero-order chi connectivity index (χ0) is 15.5. The first-order chi connectivity index (χ1) is 10.7. The SMILES string of the molecule is Cn1nc(-c2ccc(C#N)cc2)s/c1=N/C1CCCC(O)C1. The predicted molar refractivity (Wildman–Crippen MR) is 85.1 cm³/mol. The quantitative estimate of drug-likeness (QED) is 0.923. The number of nitrogens with zero attached hydrogens (tertiary/aromatic N) is 4. The van der Waals surface area contributed by atoms with E-state index in [-0.39, 0.29) is 12.1 Å². The summed E-state index contributed by atoms with van der Waals surface area (Å²) in [5, 5.41) is 24.0. The van der Waals surface area contributed by atoms with E-state index in [1.165, 1.54) is 0 Å². The monoisotopic (exact) mass is 314 g/mol. The zero-order valence-corrected chi connectivity index (χ0v) is 13.3. The molecule has 0 spiro atoms. The maximum Gasteiger partial charge on any atom is 0.203 e. The van der Waals surface area contributed by atoms with Crippen LogP contribution in [0, 0.1) is 11.3 Å². The first-order valence-corrected chi connectivity index (χ1v) is 8.24. The Morgan fingerprint density at radius 3 is 2.82 bits per heavy atom. The highest BCUT2D eigenvalue weighted by atomic mass is 32.1. The Bertz CT molecular complexity index is 754. The average Bonchev–Trinajstić information content (AvgIpc) is 2.88. The minimum Gasteiger partial charge on any atom is -0.393 e. The van der Waals surface area contributed by atoms with E-state index in [1.54, 1.807) is 28.2 Å². The van der Waals surface area contributed by atoms with E-state index in [4.69, 9.17) is 10.3 Å². The van der Waals surface area contributed by atoms with Gasteiger partial charge in [-0.2, -0.15) is 10.4 Å². The largest absolute Gasteiger partial charge is 0.393 e. The number of nitriles is 1. The van der Waals surface area contributed by atoms with Crippen molar-refractivity contribution in [3.8, 4) is 16.6 Å². The van der Waals surface area contributed by atoms with Gasteiger partial charge in [-0.05, 0) is 37.8 Å². The summed E-state index contributed by atoms with van der Waals surface area (Å²) in [5.74, 6) is 0. The van der Waals surface area contributed by atoms with Crippen LogP contribution in [0.4, 0.5) is 0 Å². The molecule has 22 heavy (non-hydrogen) atoms. The third-order valence-corrected chi connectivity index (χ3v) is 4.94. The summed E-state index contributed by atoms with van der Waals surface area (Å²) in [5.41, 5.74) is 1.63. The Morgan fingerprint density at radius 1 is 1.36 bits per heavy atom. The van der Waals surface area contributed by atoms with Gasteiger partial charge in [0.25, 0.3) is 0 Å². The molecular formula is C16H18N4OS. The molecule has 5 nitrogen and oxygen atoms in total. The van der Waals surface area contributed by atoms with Crippen LogP contribution < -0.4 is 4.80 Å². The lowest BCUT2D eigenvalue weighted by Crippen LogP contribution is -2.25. The summed E-state index contributed by atoms with van der Waals surface area (Å²) < 4.78 is 1.79. The van der Waals surface area contributed by atoms with Crippen molar-refractivity contribution in [3.63, 3.8) is 0 Å². The number of aliphatic hydroxyl groups excluding tert-OH is 1. The van der Waals surface area contributed by atoms with Crippen LogP contribution in [0.25, 0.3) is 10.6 Å². The van der Waals surface area contributed by atoms with Crippen molar-refractivity contribution in [2.24, 2.45) is 12.0 Å². The fraction of sp³-hybridized carbons (Fsp3) is 0.438. The van der Waals surface area contributed by atoms with Crippen LogP contribution in [0.5, 0.6) is 0 Å². The van der Waals surface area contributed by atoms with Crippen molar-refractivity contribution in [2.45, 2.75) is 37.8 Å². The van der Waals surface area contributed by atoms with Crippen LogP contribution >= 0.6 is 11.3 Å². The Morgan fingerprint density at radius 2 is 2.14 bits per heavy atom. The van der Waals surface area contributed by atoms with Gasteiger partial charge in [-0.1, -0.05) is 23.5 Å². The molecule has 0 saturated heterocycles. The minimum absolute atomic E-state index is 0.184. The van der Waals surface area contributed by atoms with Gasteiger partial charge >= 0.3 is 0 Å². The van der Waals surface area contributed by atoms with Crippen molar-refractivity contribution in [3.05, 3.63) is 34.6 Å². The molecule has 0 amide bonds. The molecule has 1 fully saturated rings. The smallest absolute Gasteiger partial charge is 0.203 e. The van der Waals surface area contributed by atoms with E-state index in [0.29, 0.717) is 5.56 Å². The molecule has 1 saturated carbocycles. The fourth-order valence-electron chi connectivity index (χ4n) is 2.68. The second kappa shape index (κ2) is 6.42. The average molecular weight is 314 g/mol. The maximum absolute atomic E-state index is 9.75. The topological polar surface area (TPSA) is 74.2 Å². The molecular weight excluding hydrogens is 296 g/mol. The van der Waals surface area contributed by atoms with Gasteiger partial charge in [0.15, 0.2) is 0 Å². The summed E-state index contributed by atoms with van der Waals surface area (Å²) >= 11 is 1.54. The Labute approximate surface area is 133 Å². The van der Waals surface area contributed by atoms with Gasteiger partial charge in [-0.15, -0.1) is 0 Å². The highest BCUT2D eigenvalue weighted by Gasteiger charge is 2.19. The van der Waals surface area contributed by atoms with Crippen LogP contribution in [0.15, 0.2) is 29.3 Å². The maximum atomic E-state index is 9.75. The van der Waals surface area contributed by atoms with E-state index in [9.17, 15) is 5.11 Å². The number of benzene rings is 1. The van der Waals surface area contributed by atoms with Crippen molar-refractivity contribution in [2.75, 3.05) is 0 Å². The first kappa shape index (κ1) is 14.9. The van der Waals surface area contributed by atoms with E-state index in [2.05, 4.69) is 11.2 Å². The van der Waals surface area contributed by atoms with E-state index in [1.807, 2.05) is 19.2 Å². The summed E-state index contributed by atoms with van der Waals surface area (Å²) in [6, 6.07) is 9.71. The Balaban J connectivity index is 1.88. The molecule has 1 heterocycles. The van der Waals surface area contributed by atoms with Gasteiger partial charge in [0, 0.05) is 12.6 Å². The second-order valence-corrected chi connectivity index (χ2v) is 6.56.